The summed E-state index contributed by atoms with van der Waals surface area (Å²) in [5.74, 6) is -1.73. The first-order valence-corrected chi connectivity index (χ1v) is 12.6. The summed E-state index contributed by atoms with van der Waals surface area (Å²) in [6.45, 7) is 0.0643. The Morgan fingerprint density at radius 3 is 2.51 bits per heavy atom. The van der Waals surface area contributed by atoms with Gasteiger partial charge in [0.15, 0.2) is 17.2 Å². The van der Waals surface area contributed by atoms with Crippen LogP contribution in [0.5, 0.6) is 11.5 Å². The molecule has 1 saturated carbocycles. The summed E-state index contributed by atoms with van der Waals surface area (Å²) in [6.07, 6.45) is 3.74. The lowest BCUT2D eigenvalue weighted by atomic mass is 10.0. The van der Waals surface area contributed by atoms with E-state index in [0.717, 1.165) is 42.8 Å². The number of hydrogen-bond donors (Lipinski definition) is 4. The molecule has 4 rings (SSSR count). The number of methoxy groups -OCH3 is 1. The van der Waals surface area contributed by atoms with E-state index in [9.17, 15) is 19.5 Å². The SMILES string of the molecule is COc1cc([C@H](C(=O)NC2CCCC2)N(Cc2ccccc2)C(=O)c2snc(C(N)=O)c2N)ccc1O. The van der Waals surface area contributed by atoms with Gasteiger partial charge < -0.3 is 31.5 Å². The van der Waals surface area contributed by atoms with Gasteiger partial charge in [-0.15, -0.1) is 0 Å². The molecule has 0 unspecified atom stereocenters. The van der Waals surface area contributed by atoms with Crippen molar-refractivity contribution in [2.24, 2.45) is 5.73 Å². The van der Waals surface area contributed by atoms with Crippen molar-refractivity contribution in [3.05, 3.63) is 70.2 Å². The number of rotatable bonds is 9. The van der Waals surface area contributed by atoms with Crippen LogP contribution in [0.4, 0.5) is 5.69 Å². The number of nitrogens with two attached hydrogens (primary N) is 2. The summed E-state index contributed by atoms with van der Waals surface area (Å²) in [4.78, 5) is 40.9. The molecule has 0 radical (unpaired) electrons. The molecule has 0 saturated heterocycles. The number of nitrogens with zero attached hydrogens (tertiary/aromatic N) is 2. The number of phenols is 1. The molecule has 10 nitrogen and oxygen atoms in total. The number of nitrogens with one attached hydrogen (secondary N) is 1. The summed E-state index contributed by atoms with van der Waals surface area (Å²) in [7, 11) is 1.41. The molecule has 0 aliphatic heterocycles. The molecule has 3 amide bonds. The number of nitrogen functional groups attached to an aromatic ring is 1. The fourth-order valence-electron chi connectivity index (χ4n) is 4.51. The molecule has 0 spiro atoms. The third kappa shape index (κ3) is 5.67. The van der Waals surface area contributed by atoms with Gasteiger partial charge in [0.05, 0.1) is 12.8 Å². The van der Waals surface area contributed by atoms with Crippen molar-refractivity contribution in [2.45, 2.75) is 44.3 Å². The van der Waals surface area contributed by atoms with Gasteiger partial charge in [0.1, 0.15) is 10.9 Å². The van der Waals surface area contributed by atoms with Gasteiger partial charge in [-0.05, 0) is 47.6 Å². The van der Waals surface area contributed by atoms with Crippen LogP contribution in [0.15, 0.2) is 48.5 Å². The molecular weight excluding hydrogens is 494 g/mol. The molecule has 2 aromatic carbocycles. The van der Waals surface area contributed by atoms with Crippen molar-refractivity contribution in [1.82, 2.24) is 14.6 Å². The van der Waals surface area contributed by atoms with Crippen molar-refractivity contribution in [2.75, 3.05) is 12.8 Å². The van der Waals surface area contributed by atoms with Crippen molar-refractivity contribution in [3.8, 4) is 11.5 Å². The van der Waals surface area contributed by atoms with Crippen molar-refractivity contribution in [1.29, 1.82) is 0 Å². The first-order valence-electron chi connectivity index (χ1n) is 11.9. The number of carbonyl (C=O) groups excluding carboxylic acids is 3. The number of carbonyl (C=O) groups is 3. The van der Waals surface area contributed by atoms with Gasteiger partial charge in [-0.1, -0.05) is 49.2 Å². The van der Waals surface area contributed by atoms with Crippen LogP contribution in [0.1, 0.15) is 63.0 Å². The molecule has 1 fully saturated rings. The third-order valence-electron chi connectivity index (χ3n) is 6.39. The van der Waals surface area contributed by atoms with Gasteiger partial charge in [0.2, 0.25) is 5.91 Å². The fourth-order valence-corrected chi connectivity index (χ4v) is 5.27. The van der Waals surface area contributed by atoms with E-state index >= 15 is 0 Å². The maximum Gasteiger partial charge on any atom is 0.270 e. The summed E-state index contributed by atoms with van der Waals surface area (Å²) in [5.41, 5.74) is 12.4. The minimum absolute atomic E-state index is 0.00220. The molecule has 37 heavy (non-hydrogen) atoms. The molecular formula is C26H29N5O5S. The van der Waals surface area contributed by atoms with Crippen LogP contribution >= 0.6 is 11.5 Å². The van der Waals surface area contributed by atoms with E-state index < -0.39 is 17.9 Å². The van der Waals surface area contributed by atoms with E-state index in [0.29, 0.717) is 5.56 Å². The van der Waals surface area contributed by atoms with Crippen molar-refractivity contribution >= 4 is 34.9 Å². The van der Waals surface area contributed by atoms with Crippen LogP contribution in [0, 0.1) is 0 Å². The van der Waals surface area contributed by atoms with Gasteiger partial charge in [0.25, 0.3) is 11.8 Å². The van der Waals surface area contributed by atoms with Crippen LogP contribution < -0.4 is 21.5 Å². The largest absolute Gasteiger partial charge is 0.504 e. The summed E-state index contributed by atoms with van der Waals surface area (Å²) >= 11 is 0.755. The Labute approximate surface area is 218 Å². The smallest absolute Gasteiger partial charge is 0.270 e. The summed E-state index contributed by atoms with van der Waals surface area (Å²) in [6, 6.07) is 12.6. The molecule has 1 aliphatic carbocycles. The normalized spacial score (nSPS) is 14.2. The lowest BCUT2D eigenvalue weighted by Crippen LogP contribution is -2.45. The number of hydrogen-bond acceptors (Lipinski definition) is 8. The first-order chi connectivity index (χ1) is 17.8. The van der Waals surface area contributed by atoms with Crippen molar-refractivity contribution < 1.29 is 24.2 Å². The van der Waals surface area contributed by atoms with E-state index in [4.69, 9.17) is 16.2 Å². The molecule has 1 atom stereocenters. The monoisotopic (exact) mass is 523 g/mol. The predicted octanol–water partition coefficient (Wildman–Crippen LogP) is 2.98. The molecule has 3 aromatic rings. The topological polar surface area (TPSA) is 161 Å². The highest BCUT2D eigenvalue weighted by molar-refractivity contribution is 7.09. The molecule has 1 heterocycles. The molecule has 194 valence electrons. The van der Waals surface area contributed by atoms with E-state index in [1.165, 1.54) is 24.1 Å². The fraction of sp³-hybridized carbons (Fsp3) is 0.308. The van der Waals surface area contributed by atoms with Crippen molar-refractivity contribution in [3.63, 3.8) is 0 Å². The average Bonchev–Trinajstić information content (AvgIpc) is 3.54. The van der Waals surface area contributed by atoms with Gasteiger partial charge >= 0.3 is 0 Å². The zero-order valence-corrected chi connectivity index (χ0v) is 21.2. The number of anilines is 1. The number of primary amides is 1. The Hall–Kier alpha value is -4.12. The highest BCUT2D eigenvalue weighted by Gasteiger charge is 2.36. The van der Waals surface area contributed by atoms with Gasteiger partial charge in [0, 0.05) is 12.6 Å². The van der Waals surface area contributed by atoms with E-state index in [2.05, 4.69) is 9.69 Å². The second-order valence-corrected chi connectivity index (χ2v) is 9.65. The van der Waals surface area contributed by atoms with Crippen LogP contribution in [0.2, 0.25) is 0 Å². The van der Waals surface area contributed by atoms with Crippen LogP contribution in [0.25, 0.3) is 0 Å². The third-order valence-corrected chi connectivity index (χ3v) is 7.24. The zero-order valence-electron chi connectivity index (χ0n) is 20.3. The number of ether oxygens (including phenoxy) is 1. The highest BCUT2D eigenvalue weighted by Crippen LogP contribution is 2.35. The number of amides is 3. The predicted molar refractivity (Wildman–Crippen MR) is 139 cm³/mol. The molecule has 0 bridgehead atoms. The van der Waals surface area contributed by atoms with Gasteiger partial charge in [-0.2, -0.15) is 4.37 Å². The number of aromatic nitrogens is 1. The quantitative estimate of drug-likeness (QED) is 0.335. The number of phenolic OH excluding ortho intramolecular Hbond substituents is 1. The first kappa shape index (κ1) is 26.0. The lowest BCUT2D eigenvalue weighted by Gasteiger charge is -2.32. The number of benzene rings is 2. The highest BCUT2D eigenvalue weighted by atomic mass is 32.1. The van der Waals surface area contributed by atoms with E-state index in [1.54, 1.807) is 6.07 Å². The second kappa shape index (κ2) is 11.3. The zero-order chi connectivity index (χ0) is 26.5. The Bertz CT molecular complexity index is 1290. The van der Waals surface area contributed by atoms with Crippen LogP contribution in [-0.4, -0.2) is 45.3 Å². The van der Waals surface area contributed by atoms with Gasteiger partial charge in [-0.25, -0.2) is 0 Å². The molecule has 11 heteroatoms. The Balaban J connectivity index is 1.82. The number of aromatic hydroxyl groups is 1. The minimum atomic E-state index is -1.10. The van der Waals surface area contributed by atoms with E-state index in [1.807, 2.05) is 30.3 Å². The summed E-state index contributed by atoms with van der Waals surface area (Å²) in [5, 5.41) is 13.3. The molecule has 1 aromatic heterocycles. The summed E-state index contributed by atoms with van der Waals surface area (Å²) < 4.78 is 9.24. The minimum Gasteiger partial charge on any atom is -0.504 e. The van der Waals surface area contributed by atoms with Crippen LogP contribution in [0.3, 0.4) is 0 Å². The standard InChI is InChI=1S/C26H29N5O5S/c1-36-19-13-16(11-12-18(19)32)22(25(34)29-17-9-5-6-10-17)31(14-15-7-3-2-4-8-15)26(35)23-20(27)21(24(28)33)30-37-23/h2-4,7-8,11-13,17,22,32H,5-6,9-10,14,27H2,1H3,(H2,28,33)(H,29,34)/t22-/m1/s1. The van der Waals surface area contributed by atoms with E-state index in [-0.39, 0.29) is 46.3 Å². The maximum atomic E-state index is 14.0. The average molecular weight is 524 g/mol. The Kier molecular flexibility index (Phi) is 7.92. The van der Waals surface area contributed by atoms with Gasteiger partial charge in [-0.3, -0.25) is 14.4 Å². The Morgan fingerprint density at radius 2 is 1.89 bits per heavy atom. The molecule has 1 aliphatic rings. The van der Waals surface area contributed by atoms with Crippen LogP contribution in [-0.2, 0) is 11.3 Å². The maximum absolute atomic E-state index is 14.0. The Morgan fingerprint density at radius 1 is 1.19 bits per heavy atom. The second-order valence-electron chi connectivity index (χ2n) is 8.88. The lowest BCUT2D eigenvalue weighted by molar-refractivity contribution is -0.126. The molecule has 6 N–H and O–H groups in total.